The van der Waals surface area contributed by atoms with Crippen LogP contribution in [-0.4, -0.2) is 32.8 Å². The molecule has 11 heteroatoms. The molecule has 0 fully saturated rings. The number of pyridine rings is 1. The average Bonchev–Trinajstić information content (AvgIpc) is 3.29. The van der Waals surface area contributed by atoms with Gasteiger partial charge in [-0.3, -0.25) is 14.3 Å². The average molecular weight is 500 g/mol. The highest BCUT2D eigenvalue weighted by molar-refractivity contribution is 7.98. The lowest BCUT2D eigenvalue weighted by Crippen LogP contribution is -2.24. The van der Waals surface area contributed by atoms with E-state index in [0.717, 1.165) is 12.1 Å². The SMILES string of the molecule is COc1cccc(-n2c(CNC(=O)c3cccnc3)nnc2SCc2cccc(C(F)(F)F)c2)c1. The predicted molar refractivity (Wildman–Crippen MR) is 124 cm³/mol. The Bertz CT molecular complexity index is 1310. The molecule has 4 rings (SSSR count). The molecule has 0 aliphatic heterocycles. The fourth-order valence-corrected chi connectivity index (χ4v) is 4.17. The van der Waals surface area contributed by atoms with Gasteiger partial charge in [-0.05, 0) is 35.9 Å². The van der Waals surface area contributed by atoms with E-state index in [9.17, 15) is 18.0 Å². The van der Waals surface area contributed by atoms with Gasteiger partial charge in [0.25, 0.3) is 5.91 Å². The normalized spacial score (nSPS) is 11.3. The van der Waals surface area contributed by atoms with E-state index in [1.807, 2.05) is 6.07 Å². The summed E-state index contributed by atoms with van der Waals surface area (Å²) in [5.41, 5.74) is 0.880. The van der Waals surface area contributed by atoms with Crippen LogP contribution in [0, 0.1) is 0 Å². The van der Waals surface area contributed by atoms with Crippen LogP contribution in [-0.2, 0) is 18.5 Å². The van der Waals surface area contributed by atoms with Crippen LogP contribution >= 0.6 is 11.8 Å². The number of carbonyl (C=O) groups excluding carboxylic acids is 1. The monoisotopic (exact) mass is 499 g/mol. The number of benzene rings is 2. The maximum atomic E-state index is 13.1. The van der Waals surface area contributed by atoms with E-state index in [-0.39, 0.29) is 18.2 Å². The van der Waals surface area contributed by atoms with Gasteiger partial charge in [0.15, 0.2) is 11.0 Å². The van der Waals surface area contributed by atoms with Gasteiger partial charge in [-0.1, -0.05) is 36.0 Å². The van der Waals surface area contributed by atoms with Crippen molar-refractivity contribution in [1.82, 2.24) is 25.1 Å². The number of methoxy groups -OCH3 is 1. The summed E-state index contributed by atoms with van der Waals surface area (Å²) in [5.74, 6) is 0.975. The maximum Gasteiger partial charge on any atom is 0.416 e. The lowest BCUT2D eigenvalue weighted by molar-refractivity contribution is -0.137. The largest absolute Gasteiger partial charge is 0.497 e. The number of aromatic nitrogens is 4. The molecule has 2 aromatic carbocycles. The van der Waals surface area contributed by atoms with Crippen molar-refractivity contribution in [3.63, 3.8) is 0 Å². The number of alkyl halides is 3. The standard InChI is InChI=1S/C24H20F3N5O2S/c1-34-20-9-3-8-19(12-20)32-21(14-29-22(33)17-6-4-10-28-13-17)30-31-23(32)35-15-16-5-2-7-18(11-16)24(25,26)27/h2-13H,14-15H2,1H3,(H,29,33). The van der Waals surface area contributed by atoms with E-state index in [1.54, 1.807) is 54.3 Å². The number of halogens is 3. The second-order valence-corrected chi connectivity index (χ2v) is 8.29. The summed E-state index contributed by atoms with van der Waals surface area (Å²) in [4.78, 5) is 16.4. The van der Waals surface area contributed by atoms with Crippen LogP contribution < -0.4 is 10.1 Å². The Balaban J connectivity index is 1.59. The topological polar surface area (TPSA) is 81.9 Å². The van der Waals surface area contributed by atoms with Crippen molar-refractivity contribution in [1.29, 1.82) is 0 Å². The van der Waals surface area contributed by atoms with Crippen LogP contribution in [0.2, 0.25) is 0 Å². The highest BCUT2D eigenvalue weighted by atomic mass is 32.2. The summed E-state index contributed by atoms with van der Waals surface area (Å²) in [6.45, 7) is 0.0715. The highest BCUT2D eigenvalue weighted by Crippen LogP contribution is 2.32. The minimum atomic E-state index is -4.42. The number of thioether (sulfide) groups is 1. The van der Waals surface area contributed by atoms with Gasteiger partial charge < -0.3 is 10.1 Å². The number of rotatable bonds is 8. The van der Waals surface area contributed by atoms with E-state index >= 15 is 0 Å². The Morgan fingerprint density at radius 3 is 2.66 bits per heavy atom. The molecular weight excluding hydrogens is 479 g/mol. The molecule has 2 aromatic heterocycles. The molecule has 0 aliphatic rings. The molecule has 7 nitrogen and oxygen atoms in total. The third-order valence-corrected chi connectivity index (χ3v) is 5.97. The van der Waals surface area contributed by atoms with Crippen LogP contribution in [0.5, 0.6) is 5.75 Å². The summed E-state index contributed by atoms with van der Waals surface area (Å²) in [6, 6.07) is 15.7. The summed E-state index contributed by atoms with van der Waals surface area (Å²) >= 11 is 1.24. The quantitative estimate of drug-likeness (QED) is 0.347. The van der Waals surface area contributed by atoms with Crippen LogP contribution in [0.3, 0.4) is 0 Å². The molecule has 1 N–H and O–H groups in total. The van der Waals surface area contributed by atoms with Gasteiger partial charge in [0, 0.05) is 24.2 Å². The highest BCUT2D eigenvalue weighted by Gasteiger charge is 2.30. The summed E-state index contributed by atoms with van der Waals surface area (Å²) in [5, 5.41) is 11.7. The molecule has 0 bridgehead atoms. The maximum absolute atomic E-state index is 13.1. The van der Waals surface area contributed by atoms with E-state index in [2.05, 4.69) is 20.5 Å². The Morgan fingerprint density at radius 1 is 1.09 bits per heavy atom. The number of nitrogens with zero attached hydrogens (tertiary/aromatic N) is 4. The fourth-order valence-electron chi connectivity index (χ4n) is 3.26. The Morgan fingerprint density at radius 2 is 1.91 bits per heavy atom. The van der Waals surface area contributed by atoms with Gasteiger partial charge in [0.1, 0.15) is 5.75 Å². The first-order valence-corrected chi connectivity index (χ1v) is 11.4. The van der Waals surface area contributed by atoms with Gasteiger partial charge in [-0.25, -0.2) is 0 Å². The number of amides is 1. The first kappa shape index (κ1) is 24.3. The number of carbonyl (C=O) groups is 1. The number of hydrogen-bond donors (Lipinski definition) is 1. The molecule has 0 atom stereocenters. The zero-order valence-electron chi connectivity index (χ0n) is 18.5. The molecule has 0 radical (unpaired) electrons. The van der Waals surface area contributed by atoms with Gasteiger partial charge in [-0.2, -0.15) is 13.2 Å². The second-order valence-electron chi connectivity index (χ2n) is 7.35. The summed E-state index contributed by atoms with van der Waals surface area (Å²) in [7, 11) is 1.55. The van der Waals surface area contributed by atoms with Crippen LogP contribution in [0.1, 0.15) is 27.3 Å². The third kappa shape index (κ3) is 5.99. The second kappa shape index (κ2) is 10.6. The van der Waals surface area contributed by atoms with Crippen molar-refractivity contribution in [2.75, 3.05) is 7.11 Å². The lowest BCUT2D eigenvalue weighted by atomic mass is 10.1. The minimum absolute atomic E-state index is 0.0715. The minimum Gasteiger partial charge on any atom is -0.497 e. The van der Waals surface area contributed by atoms with Gasteiger partial charge in [0.2, 0.25) is 0 Å². The molecule has 0 saturated heterocycles. The molecule has 180 valence electrons. The Labute approximate surface area is 203 Å². The van der Waals surface area contributed by atoms with Crippen LogP contribution in [0.4, 0.5) is 13.2 Å². The summed E-state index contributed by atoms with van der Waals surface area (Å²) < 4.78 is 46.3. The zero-order chi connectivity index (χ0) is 24.8. The van der Waals surface area contributed by atoms with Crippen molar-refractivity contribution < 1.29 is 22.7 Å². The van der Waals surface area contributed by atoms with E-state index in [1.165, 1.54) is 24.0 Å². The fraction of sp³-hybridized carbons (Fsp3) is 0.167. The molecule has 4 aromatic rings. The number of hydrogen-bond acceptors (Lipinski definition) is 6. The number of nitrogens with one attached hydrogen (secondary N) is 1. The van der Waals surface area contributed by atoms with Gasteiger partial charge in [-0.15, -0.1) is 10.2 Å². The molecule has 2 heterocycles. The lowest BCUT2D eigenvalue weighted by Gasteiger charge is -2.12. The molecule has 35 heavy (non-hydrogen) atoms. The van der Waals surface area contributed by atoms with Crippen molar-refractivity contribution in [2.45, 2.75) is 23.6 Å². The molecule has 0 unspecified atom stereocenters. The molecule has 0 spiro atoms. The first-order chi connectivity index (χ1) is 16.8. The Hall–Kier alpha value is -3.86. The van der Waals surface area contributed by atoms with Gasteiger partial charge in [0.05, 0.1) is 30.5 Å². The first-order valence-electron chi connectivity index (χ1n) is 10.4. The smallest absolute Gasteiger partial charge is 0.416 e. The van der Waals surface area contributed by atoms with E-state index in [0.29, 0.717) is 33.5 Å². The summed E-state index contributed by atoms with van der Waals surface area (Å²) in [6.07, 6.45) is -1.39. The predicted octanol–water partition coefficient (Wildman–Crippen LogP) is 4.91. The third-order valence-electron chi connectivity index (χ3n) is 4.96. The molecule has 0 saturated carbocycles. The van der Waals surface area contributed by atoms with Crippen LogP contribution in [0.25, 0.3) is 5.69 Å². The van der Waals surface area contributed by atoms with Crippen molar-refractivity contribution in [3.05, 3.63) is 95.6 Å². The van der Waals surface area contributed by atoms with Crippen molar-refractivity contribution in [2.24, 2.45) is 0 Å². The van der Waals surface area contributed by atoms with Crippen LogP contribution in [0.15, 0.2) is 78.2 Å². The Kier molecular flexibility index (Phi) is 7.35. The van der Waals surface area contributed by atoms with Crippen molar-refractivity contribution >= 4 is 17.7 Å². The van der Waals surface area contributed by atoms with E-state index < -0.39 is 11.7 Å². The molecular formula is C24H20F3N5O2S. The molecule has 1 amide bonds. The van der Waals surface area contributed by atoms with Crippen molar-refractivity contribution in [3.8, 4) is 11.4 Å². The zero-order valence-corrected chi connectivity index (χ0v) is 19.3. The number of ether oxygens (including phenoxy) is 1. The van der Waals surface area contributed by atoms with Gasteiger partial charge >= 0.3 is 6.18 Å². The molecule has 0 aliphatic carbocycles. The van der Waals surface area contributed by atoms with E-state index in [4.69, 9.17) is 4.74 Å².